The molecular weight excluding hydrogens is 328 g/mol. The van der Waals surface area contributed by atoms with Gasteiger partial charge in [-0.2, -0.15) is 0 Å². The number of hydrogen-bond acceptors (Lipinski definition) is 4. The summed E-state index contributed by atoms with van der Waals surface area (Å²) in [5.74, 6) is 0.855. The summed E-state index contributed by atoms with van der Waals surface area (Å²) < 4.78 is 5.85. The van der Waals surface area contributed by atoms with Crippen LogP contribution in [0.5, 0.6) is 0 Å². The lowest BCUT2D eigenvalue weighted by Crippen LogP contribution is -2.50. The maximum Gasteiger partial charge on any atom is 0.335 e. The Morgan fingerprint density at radius 1 is 1.15 bits per heavy atom. The number of allylic oxidation sites excluding steroid dienone is 4. The highest BCUT2D eigenvalue weighted by Gasteiger charge is 2.66. The minimum absolute atomic E-state index is 0.0414. The zero-order valence-corrected chi connectivity index (χ0v) is 15.7. The van der Waals surface area contributed by atoms with Crippen LogP contribution in [0.2, 0.25) is 0 Å². The van der Waals surface area contributed by atoms with Crippen molar-refractivity contribution < 1.29 is 19.4 Å². The molecule has 5 rings (SSSR count). The van der Waals surface area contributed by atoms with E-state index in [4.69, 9.17) is 4.74 Å². The van der Waals surface area contributed by atoms with E-state index < -0.39 is 17.7 Å². The molecule has 0 radical (unpaired) electrons. The van der Waals surface area contributed by atoms with Gasteiger partial charge in [0.15, 0.2) is 11.9 Å². The Hall–Kier alpha value is -1.42. The lowest BCUT2D eigenvalue weighted by Gasteiger charge is -2.54. The highest BCUT2D eigenvalue weighted by atomic mass is 16.6. The number of esters is 1. The summed E-state index contributed by atoms with van der Waals surface area (Å²) in [5, 5.41) is 10.1. The number of fused-ring (bicyclic) bond motifs is 6. The van der Waals surface area contributed by atoms with Crippen molar-refractivity contribution in [3.8, 4) is 0 Å². The molecule has 140 valence electrons. The van der Waals surface area contributed by atoms with Gasteiger partial charge < -0.3 is 9.84 Å². The van der Waals surface area contributed by atoms with Gasteiger partial charge in [-0.3, -0.25) is 4.79 Å². The summed E-state index contributed by atoms with van der Waals surface area (Å²) in [6.07, 6.45) is 10.3. The van der Waals surface area contributed by atoms with Gasteiger partial charge in [0.05, 0.1) is 0 Å². The Labute approximate surface area is 154 Å². The highest BCUT2D eigenvalue weighted by Crippen LogP contribution is 2.67. The normalized spacial score (nSPS) is 49.9. The number of rotatable bonds is 0. The fourth-order valence-electron chi connectivity index (χ4n) is 7.14. The topological polar surface area (TPSA) is 63.6 Å². The average molecular weight is 356 g/mol. The number of hydrogen-bond donors (Lipinski definition) is 1. The molecule has 0 aromatic heterocycles. The van der Waals surface area contributed by atoms with Crippen molar-refractivity contribution in [1.29, 1.82) is 0 Å². The van der Waals surface area contributed by atoms with E-state index in [2.05, 4.69) is 19.9 Å². The van der Waals surface area contributed by atoms with Crippen LogP contribution < -0.4 is 0 Å². The molecule has 2 saturated carbocycles. The van der Waals surface area contributed by atoms with E-state index in [9.17, 15) is 14.7 Å². The summed E-state index contributed by atoms with van der Waals surface area (Å²) in [5.41, 5.74) is 2.33. The lowest BCUT2D eigenvalue weighted by molar-refractivity contribution is -0.163. The van der Waals surface area contributed by atoms with Crippen molar-refractivity contribution in [2.24, 2.45) is 22.7 Å². The molecule has 1 saturated heterocycles. The molecule has 1 heterocycles. The van der Waals surface area contributed by atoms with E-state index in [1.165, 1.54) is 11.1 Å². The van der Waals surface area contributed by atoms with Gasteiger partial charge in [0.1, 0.15) is 5.60 Å². The molecule has 0 amide bonds. The number of aliphatic hydroxyl groups is 1. The monoisotopic (exact) mass is 356 g/mol. The standard InChI is InChI=1S/C22H28O4/c1-20-8-5-14(23)11-13(20)3-4-15-16(20)6-9-21(2)17(15)7-10-22(21)12-18(24)19(25)26-22/h6,11,15,17-18,24H,3-5,7-10,12H2,1-2H3/t15?,17?,18?,20?,21?,22-/m1/s1. The summed E-state index contributed by atoms with van der Waals surface area (Å²) in [4.78, 5) is 23.9. The van der Waals surface area contributed by atoms with Crippen LogP contribution in [0.4, 0.5) is 0 Å². The third-order valence-corrected chi connectivity index (χ3v) is 8.72. The number of ketones is 1. The van der Waals surface area contributed by atoms with Crippen LogP contribution in [-0.2, 0) is 14.3 Å². The van der Waals surface area contributed by atoms with Gasteiger partial charge >= 0.3 is 5.97 Å². The number of carbonyl (C=O) groups is 2. The van der Waals surface area contributed by atoms with E-state index in [0.29, 0.717) is 24.7 Å². The summed E-state index contributed by atoms with van der Waals surface area (Å²) in [6, 6.07) is 0. The van der Waals surface area contributed by atoms with E-state index in [1.807, 2.05) is 6.08 Å². The Bertz CT molecular complexity index is 764. The van der Waals surface area contributed by atoms with E-state index in [0.717, 1.165) is 38.5 Å². The molecule has 1 N–H and O–H groups in total. The summed E-state index contributed by atoms with van der Waals surface area (Å²) >= 11 is 0. The average Bonchev–Trinajstić information content (AvgIpc) is 3.05. The molecule has 3 fully saturated rings. The van der Waals surface area contributed by atoms with Crippen molar-refractivity contribution in [2.75, 3.05) is 0 Å². The Morgan fingerprint density at radius 2 is 1.96 bits per heavy atom. The highest BCUT2D eigenvalue weighted by molar-refractivity contribution is 5.92. The molecular formula is C22H28O4. The minimum Gasteiger partial charge on any atom is -0.456 e. The second-order valence-electron chi connectivity index (χ2n) is 9.67. The molecule has 1 aliphatic heterocycles. The molecule has 1 spiro atoms. The first-order chi connectivity index (χ1) is 12.3. The van der Waals surface area contributed by atoms with Crippen molar-refractivity contribution in [2.45, 2.75) is 76.9 Å². The van der Waals surface area contributed by atoms with Crippen LogP contribution in [0, 0.1) is 22.7 Å². The fourth-order valence-corrected chi connectivity index (χ4v) is 7.14. The molecule has 0 bridgehead atoms. The maximum atomic E-state index is 12.0. The van der Waals surface area contributed by atoms with Crippen LogP contribution in [0.1, 0.15) is 65.2 Å². The number of ether oxygens (including phenoxy) is 1. The van der Waals surface area contributed by atoms with Crippen molar-refractivity contribution in [1.82, 2.24) is 0 Å². The molecule has 26 heavy (non-hydrogen) atoms. The van der Waals surface area contributed by atoms with Crippen molar-refractivity contribution in [3.05, 3.63) is 23.3 Å². The summed E-state index contributed by atoms with van der Waals surface area (Å²) in [7, 11) is 0. The van der Waals surface area contributed by atoms with Crippen LogP contribution in [0.15, 0.2) is 23.3 Å². The Kier molecular flexibility index (Phi) is 3.28. The van der Waals surface area contributed by atoms with E-state index in [-0.39, 0.29) is 16.6 Å². The zero-order chi connectivity index (χ0) is 18.3. The van der Waals surface area contributed by atoms with E-state index >= 15 is 0 Å². The molecule has 0 aromatic rings. The van der Waals surface area contributed by atoms with E-state index in [1.54, 1.807) is 0 Å². The maximum absolute atomic E-state index is 12.0. The molecule has 4 nitrogen and oxygen atoms in total. The lowest BCUT2D eigenvalue weighted by atomic mass is 9.50. The molecule has 5 unspecified atom stereocenters. The summed E-state index contributed by atoms with van der Waals surface area (Å²) in [6.45, 7) is 4.61. The van der Waals surface area contributed by atoms with Gasteiger partial charge in [0.25, 0.3) is 0 Å². The predicted molar refractivity (Wildman–Crippen MR) is 96.1 cm³/mol. The minimum atomic E-state index is -0.960. The Morgan fingerprint density at radius 3 is 2.69 bits per heavy atom. The molecule has 5 aliphatic rings. The molecule has 6 atom stereocenters. The van der Waals surface area contributed by atoms with Gasteiger partial charge in [-0.1, -0.05) is 31.1 Å². The van der Waals surface area contributed by atoms with Crippen molar-refractivity contribution >= 4 is 11.8 Å². The fraction of sp³-hybridized carbons (Fsp3) is 0.727. The second kappa shape index (κ2) is 5.09. The SMILES string of the molecule is CC12CCC(=O)C=C1CCC1C2=CCC2(C)C1CC[C@@]21CC(O)C(=O)O1. The van der Waals surface area contributed by atoms with Gasteiger partial charge in [0, 0.05) is 23.7 Å². The van der Waals surface area contributed by atoms with Gasteiger partial charge in [0.2, 0.25) is 0 Å². The van der Waals surface area contributed by atoms with Gasteiger partial charge in [-0.05, 0) is 56.4 Å². The smallest absolute Gasteiger partial charge is 0.335 e. The first-order valence-corrected chi connectivity index (χ1v) is 10.1. The van der Waals surface area contributed by atoms with Gasteiger partial charge in [-0.15, -0.1) is 0 Å². The number of carbonyl (C=O) groups excluding carboxylic acids is 2. The first kappa shape index (κ1) is 16.7. The van der Waals surface area contributed by atoms with Crippen LogP contribution in [0.3, 0.4) is 0 Å². The zero-order valence-electron chi connectivity index (χ0n) is 15.7. The molecule has 4 heteroatoms. The largest absolute Gasteiger partial charge is 0.456 e. The third kappa shape index (κ3) is 1.89. The first-order valence-electron chi connectivity index (χ1n) is 10.1. The van der Waals surface area contributed by atoms with Crippen LogP contribution >= 0.6 is 0 Å². The van der Waals surface area contributed by atoms with Crippen molar-refractivity contribution in [3.63, 3.8) is 0 Å². The molecule has 0 aromatic carbocycles. The van der Waals surface area contributed by atoms with Crippen LogP contribution in [0.25, 0.3) is 0 Å². The quantitative estimate of drug-likeness (QED) is 0.533. The third-order valence-electron chi connectivity index (χ3n) is 8.72. The predicted octanol–water partition coefficient (Wildman–Crippen LogP) is 3.49. The second-order valence-corrected chi connectivity index (χ2v) is 9.67. The van der Waals surface area contributed by atoms with Crippen LogP contribution in [-0.4, -0.2) is 28.6 Å². The Balaban J connectivity index is 1.55. The number of aliphatic hydroxyl groups excluding tert-OH is 1. The van der Waals surface area contributed by atoms with Gasteiger partial charge in [-0.25, -0.2) is 4.79 Å². The molecule has 4 aliphatic carbocycles.